The first-order chi connectivity index (χ1) is 7.72. The number of likely N-dealkylation sites (N-methyl/N-ethyl adjacent to an activating group) is 1. The summed E-state index contributed by atoms with van der Waals surface area (Å²) in [7, 11) is 4.45. The molecule has 3 N–H and O–H groups in total. The van der Waals surface area contributed by atoms with Crippen molar-refractivity contribution < 1.29 is 15.0 Å². The molecule has 0 amide bonds. The Morgan fingerprint density at radius 3 is 2.94 bits per heavy atom. The van der Waals surface area contributed by atoms with Crippen molar-refractivity contribution in [1.82, 2.24) is 0 Å². The normalized spacial score (nSPS) is 19.6. The van der Waals surface area contributed by atoms with Gasteiger partial charge in [0.25, 0.3) is 0 Å². The summed E-state index contributed by atoms with van der Waals surface area (Å²) in [5.74, 6) is 1.01. The van der Waals surface area contributed by atoms with Crippen LogP contribution in [0.1, 0.15) is 24.1 Å². The Morgan fingerprint density at radius 2 is 2.25 bits per heavy atom. The molecule has 1 aliphatic heterocycles. The van der Waals surface area contributed by atoms with Gasteiger partial charge >= 0.3 is 0 Å². The first-order valence-electron chi connectivity index (χ1n) is 6.09. The van der Waals surface area contributed by atoms with E-state index in [4.69, 9.17) is 4.74 Å². The summed E-state index contributed by atoms with van der Waals surface area (Å²) < 4.78 is 5.58. The molecule has 0 saturated carbocycles. The molecule has 0 aromatic heterocycles. The van der Waals surface area contributed by atoms with Crippen LogP contribution < -0.4 is 15.0 Å². The van der Waals surface area contributed by atoms with Gasteiger partial charge in [-0.3, -0.25) is 0 Å². The van der Waals surface area contributed by atoms with Crippen LogP contribution in [0.3, 0.4) is 0 Å². The van der Waals surface area contributed by atoms with Crippen molar-refractivity contribution in [1.29, 1.82) is 0 Å². The number of nitrogens with one attached hydrogen (secondary N) is 1. The first kappa shape index (κ1) is 11.4. The van der Waals surface area contributed by atoms with Crippen molar-refractivity contribution in [2.45, 2.75) is 19.5 Å². The van der Waals surface area contributed by atoms with Crippen molar-refractivity contribution in [3.05, 3.63) is 29.3 Å². The van der Waals surface area contributed by atoms with E-state index >= 15 is 0 Å². The van der Waals surface area contributed by atoms with E-state index in [2.05, 4.69) is 37.6 Å². The van der Waals surface area contributed by atoms with E-state index in [0.29, 0.717) is 6.04 Å². The molecule has 0 radical (unpaired) electrons. The van der Waals surface area contributed by atoms with Gasteiger partial charge < -0.3 is 15.0 Å². The molecule has 16 heavy (non-hydrogen) atoms. The molecule has 1 aliphatic rings. The van der Waals surface area contributed by atoms with Crippen molar-refractivity contribution in [2.24, 2.45) is 0 Å². The number of quaternary nitrogens is 2. The second-order valence-electron chi connectivity index (χ2n) is 4.65. The van der Waals surface area contributed by atoms with Gasteiger partial charge in [0.2, 0.25) is 0 Å². The smallest absolute Gasteiger partial charge is 0.163 e. The molecule has 3 nitrogen and oxygen atoms in total. The zero-order valence-electron chi connectivity index (χ0n) is 10.4. The van der Waals surface area contributed by atoms with Crippen molar-refractivity contribution >= 4 is 0 Å². The Kier molecular flexibility index (Phi) is 3.46. The standard InChI is InChI=1S/C13H20N2O/c1-4-16-11-6-5-10-8-14-9-13(15(2)3)12(10)7-11/h5-7,13-14H,4,8-9H2,1-3H3/p+2/t13-/m0/s1. The number of hydrogen-bond acceptors (Lipinski definition) is 1. The number of rotatable bonds is 3. The van der Waals surface area contributed by atoms with Gasteiger partial charge in [0.05, 0.1) is 20.7 Å². The molecule has 0 unspecified atom stereocenters. The van der Waals surface area contributed by atoms with Gasteiger partial charge in [-0.2, -0.15) is 0 Å². The third-order valence-corrected chi connectivity index (χ3v) is 3.27. The van der Waals surface area contributed by atoms with Crippen LogP contribution in [-0.4, -0.2) is 27.2 Å². The predicted octanol–water partition coefficient (Wildman–Crippen LogP) is -0.652. The number of hydrogen-bond donors (Lipinski definition) is 2. The third-order valence-electron chi connectivity index (χ3n) is 3.27. The van der Waals surface area contributed by atoms with Gasteiger partial charge in [-0.1, -0.05) is 0 Å². The molecular formula is C13H22N2O+2. The second kappa shape index (κ2) is 4.85. The quantitative estimate of drug-likeness (QED) is 0.699. The number of benzene rings is 1. The highest BCUT2D eigenvalue weighted by molar-refractivity contribution is 5.37. The molecule has 0 saturated heterocycles. The maximum absolute atomic E-state index is 5.58. The summed E-state index contributed by atoms with van der Waals surface area (Å²) in [6, 6.07) is 7.11. The summed E-state index contributed by atoms with van der Waals surface area (Å²) >= 11 is 0. The Labute approximate surface area is 97.4 Å². The minimum absolute atomic E-state index is 0.587. The molecule has 1 heterocycles. The fourth-order valence-corrected chi connectivity index (χ4v) is 2.42. The van der Waals surface area contributed by atoms with Gasteiger partial charge in [0.1, 0.15) is 18.8 Å². The van der Waals surface area contributed by atoms with Crippen LogP contribution in [0.15, 0.2) is 18.2 Å². The van der Waals surface area contributed by atoms with E-state index in [0.717, 1.165) is 18.9 Å². The van der Waals surface area contributed by atoms with E-state index in [9.17, 15) is 0 Å². The van der Waals surface area contributed by atoms with Gasteiger partial charge in [-0.15, -0.1) is 0 Å². The van der Waals surface area contributed by atoms with Crippen LogP contribution in [0.4, 0.5) is 0 Å². The zero-order chi connectivity index (χ0) is 11.5. The van der Waals surface area contributed by atoms with E-state index in [1.807, 2.05) is 6.92 Å². The predicted molar refractivity (Wildman–Crippen MR) is 63.7 cm³/mol. The van der Waals surface area contributed by atoms with Crippen molar-refractivity contribution in [2.75, 3.05) is 27.2 Å². The van der Waals surface area contributed by atoms with E-state index < -0.39 is 0 Å². The first-order valence-corrected chi connectivity index (χ1v) is 6.09. The number of ether oxygens (including phenoxy) is 1. The maximum atomic E-state index is 5.58. The summed E-state index contributed by atoms with van der Waals surface area (Å²) in [4.78, 5) is 1.49. The minimum atomic E-state index is 0.587. The highest BCUT2D eigenvalue weighted by atomic mass is 16.5. The molecule has 1 aromatic carbocycles. The highest BCUT2D eigenvalue weighted by Gasteiger charge is 2.27. The molecule has 2 rings (SSSR count). The summed E-state index contributed by atoms with van der Waals surface area (Å²) in [6.07, 6.45) is 0. The summed E-state index contributed by atoms with van der Waals surface area (Å²) in [6.45, 7) is 5.04. The average molecular weight is 222 g/mol. The van der Waals surface area contributed by atoms with E-state index in [1.54, 1.807) is 0 Å². The molecule has 1 aromatic rings. The summed E-state index contributed by atoms with van der Waals surface area (Å²) in [5.41, 5.74) is 2.93. The lowest BCUT2D eigenvalue weighted by molar-refractivity contribution is -0.912. The zero-order valence-corrected chi connectivity index (χ0v) is 10.4. The van der Waals surface area contributed by atoms with Crippen LogP contribution >= 0.6 is 0 Å². The fourth-order valence-electron chi connectivity index (χ4n) is 2.42. The van der Waals surface area contributed by atoms with Crippen molar-refractivity contribution in [3.8, 4) is 5.75 Å². The lowest BCUT2D eigenvalue weighted by atomic mass is 9.96. The lowest BCUT2D eigenvalue weighted by Gasteiger charge is -2.26. The van der Waals surface area contributed by atoms with Crippen LogP contribution in [0.2, 0.25) is 0 Å². The molecule has 3 heteroatoms. The van der Waals surface area contributed by atoms with Gasteiger partial charge in [0.15, 0.2) is 6.04 Å². The number of fused-ring (bicyclic) bond motifs is 1. The molecule has 0 spiro atoms. The Balaban J connectivity index is 2.32. The monoisotopic (exact) mass is 222 g/mol. The topological polar surface area (TPSA) is 30.3 Å². The van der Waals surface area contributed by atoms with Gasteiger partial charge in [-0.05, 0) is 25.1 Å². The molecular weight excluding hydrogens is 200 g/mol. The second-order valence-corrected chi connectivity index (χ2v) is 4.65. The fraction of sp³-hybridized carbons (Fsp3) is 0.538. The van der Waals surface area contributed by atoms with Crippen LogP contribution in [0.25, 0.3) is 0 Å². The van der Waals surface area contributed by atoms with Crippen LogP contribution in [-0.2, 0) is 6.54 Å². The number of nitrogens with two attached hydrogens (primary N) is 1. The molecule has 0 bridgehead atoms. The Hall–Kier alpha value is -1.06. The van der Waals surface area contributed by atoms with E-state index in [-0.39, 0.29) is 0 Å². The SMILES string of the molecule is CCOc1ccc2c(c1)[C@@H]([NH+](C)C)C[NH2+]C2. The Bertz CT molecular complexity index is 363. The van der Waals surface area contributed by atoms with Gasteiger partial charge in [-0.25, -0.2) is 0 Å². The van der Waals surface area contributed by atoms with Crippen LogP contribution in [0.5, 0.6) is 5.75 Å². The molecule has 0 fully saturated rings. The van der Waals surface area contributed by atoms with E-state index in [1.165, 1.54) is 22.6 Å². The van der Waals surface area contributed by atoms with Crippen LogP contribution in [0, 0.1) is 0 Å². The minimum Gasteiger partial charge on any atom is -0.494 e. The molecule has 1 atom stereocenters. The van der Waals surface area contributed by atoms with Gasteiger partial charge in [0, 0.05) is 11.1 Å². The lowest BCUT2D eigenvalue weighted by Crippen LogP contribution is -3.10. The Morgan fingerprint density at radius 1 is 1.44 bits per heavy atom. The third kappa shape index (κ3) is 2.20. The largest absolute Gasteiger partial charge is 0.494 e. The van der Waals surface area contributed by atoms with Crippen molar-refractivity contribution in [3.63, 3.8) is 0 Å². The molecule has 88 valence electrons. The molecule has 0 aliphatic carbocycles. The average Bonchev–Trinajstić information content (AvgIpc) is 2.28. The summed E-state index contributed by atoms with van der Waals surface area (Å²) in [5, 5.41) is 2.39. The highest BCUT2D eigenvalue weighted by Crippen LogP contribution is 2.23. The maximum Gasteiger partial charge on any atom is 0.163 e.